The molecule has 0 unspecified atom stereocenters. The molecule has 1 N–H and O–H groups in total. The minimum Gasteiger partial charge on any atom is -0.365 e. The molecule has 5 nitrogen and oxygen atoms in total. The third-order valence-corrected chi connectivity index (χ3v) is 5.17. The Hall–Kier alpha value is -2.09. The second-order valence-electron chi connectivity index (χ2n) is 8.39. The average molecular weight is 398 g/mol. The van der Waals surface area contributed by atoms with Crippen LogP contribution >= 0.6 is 0 Å². The van der Waals surface area contributed by atoms with Gasteiger partial charge in [-0.3, -0.25) is 9.59 Å². The zero-order chi connectivity index (χ0) is 20.7. The van der Waals surface area contributed by atoms with Crippen molar-refractivity contribution in [2.45, 2.75) is 63.8 Å². The van der Waals surface area contributed by atoms with Crippen LogP contribution in [0, 0.1) is 0 Å². The molecule has 1 aromatic carbocycles. The summed E-state index contributed by atoms with van der Waals surface area (Å²) >= 11 is 0. The fraction of sp³-hybridized carbons (Fsp3) is 0.600. The Morgan fingerprint density at radius 2 is 1.75 bits per heavy atom. The van der Waals surface area contributed by atoms with Gasteiger partial charge in [0.1, 0.15) is 0 Å². The zero-order valence-electron chi connectivity index (χ0n) is 16.3. The van der Waals surface area contributed by atoms with Crippen LogP contribution in [0.1, 0.15) is 62.4 Å². The standard InChI is InChI=1S/C20H25F3N2O3/c1-13(26)24-16-9-14(8-15(10-16)20(21,22)23)17(27)25-11-18(2,3)28-19(12-25)6-4-5-7-19/h8-10H,4-7,11-12H2,1-3H3,(H,24,26). The minimum absolute atomic E-state index is 0.0474. The zero-order valence-corrected chi connectivity index (χ0v) is 16.3. The molecule has 0 aromatic heterocycles. The van der Waals surface area contributed by atoms with E-state index in [1.165, 1.54) is 13.0 Å². The molecule has 28 heavy (non-hydrogen) atoms. The van der Waals surface area contributed by atoms with E-state index in [0.29, 0.717) is 13.1 Å². The highest BCUT2D eigenvalue weighted by atomic mass is 19.4. The fourth-order valence-corrected chi connectivity index (χ4v) is 4.31. The maximum atomic E-state index is 13.3. The largest absolute Gasteiger partial charge is 0.416 e. The molecule has 3 rings (SSSR count). The summed E-state index contributed by atoms with van der Waals surface area (Å²) in [6, 6.07) is 2.97. The normalized spacial score (nSPS) is 21.0. The van der Waals surface area contributed by atoms with Crippen LogP contribution in [-0.4, -0.2) is 41.0 Å². The second-order valence-corrected chi connectivity index (χ2v) is 8.39. The molecular formula is C20H25F3N2O3. The Kier molecular flexibility index (Phi) is 5.20. The van der Waals surface area contributed by atoms with E-state index < -0.39 is 34.8 Å². The highest BCUT2D eigenvalue weighted by Crippen LogP contribution is 2.41. The number of carbonyl (C=O) groups excluding carboxylic acids is 2. The third kappa shape index (κ3) is 4.48. The van der Waals surface area contributed by atoms with E-state index in [0.717, 1.165) is 37.8 Å². The molecule has 2 amide bonds. The van der Waals surface area contributed by atoms with Crippen molar-refractivity contribution < 1.29 is 27.5 Å². The van der Waals surface area contributed by atoms with Crippen LogP contribution in [0.25, 0.3) is 0 Å². The van der Waals surface area contributed by atoms with Gasteiger partial charge in [0.25, 0.3) is 5.91 Å². The Morgan fingerprint density at radius 3 is 2.32 bits per heavy atom. The molecule has 1 saturated carbocycles. The number of nitrogens with one attached hydrogen (secondary N) is 1. The van der Waals surface area contributed by atoms with Crippen molar-refractivity contribution in [1.29, 1.82) is 0 Å². The Morgan fingerprint density at radius 1 is 1.11 bits per heavy atom. The molecule has 1 heterocycles. The summed E-state index contributed by atoms with van der Waals surface area (Å²) in [5, 5.41) is 2.35. The first-order valence-corrected chi connectivity index (χ1v) is 9.39. The maximum Gasteiger partial charge on any atom is 0.416 e. The molecule has 154 valence electrons. The number of morpholine rings is 1. The van der Waals surface area contributed by atoms with E-state index in [1.54, 1.807) is 4.90 Å². The molecule has 1 spiro atoms. The van der Waals surface area contributed by atoms with Crippen LogP contribution in [0.5, 0.6) is 0 Å². The van der Waals surface area contributed by atoms with Crippen LogP contribution in [-0.2, 0) is 15.7 Å². The van der Waals surface area contributed by atoms with Gasteiger partial charge in [-0.1, -0.05) is 12.8 Å². The van der Waals surface area contributed by atoms with Crippen LogP contribution in [0.3, 0.4) is 0 Å². The summed E-state index contributed by atoms with van der Waals surface area (Å²) in [4.78, 5) is 26.0. The first-order chi connectivity index (χ1) is 12.9. The SMILES string of the molecule is CC(=O)Nc1cc(C(=O)N2CC(C)(C)OC3(CCCC3)C2)cc(C(F)(F)F)c1. The van der Waals surface area contributed by atoms with Gasteiger partial charge in [0.05, 0.1) is 23.3 Å². The summed E-state index contributed by atoms with van der Waals surface area (Å²) in [6.07, 6.45) is -0.941. The van der Waals surface area contributed by atoms with E-state index in [1.807, 2.05) is 13.8 Å². The fourth-order valence-electron chi connectivity index (χ4n) is 4.31. The van der Waals surface area contributed by atoms with Gasteiger partial charge < -0.3 is 15.0 Å². The highest BCUT2D eigenvalue weighted by molar-refractivity contribution is 5.97. The number of halogens is 3. The van der Waals surface area contributed by atoms with Gasteiger partial charge in [-0.15, -0.1) is 0 Å². The van der Waals surface area contributed by atoms with Crippen molar-refractivity contribution in [3.05, 3.63) is 29.3 Å². The Bertz CT molecular complexity index is 783. The lowest BCUT2D eigenvalue weighted by atomic mass is 9.93. The third-order valence-electron chi connectivity index (χ3n) is 5.17. The number of hydrogen-bond donors (Lipinski definition) is 1. The molecule has 0 radical (unpaired) electrons. The highest BCUT2D eigenvalue weighted by Gasteiger charge is 2.47. The first-order valence-electron chi connectivity index (χ1n) is 9.39. The van der Waals surface area contributed by atoms with Crippen LogP contribution in [0.4, 0.5) is 18.9 Å². The van der Waals surface area contributed by atoms with Gasteiger partial charge >= 0.3 is 6.18 Å². The van der Waals surface area contributed by atoms with E-state index in [9.17, 15) is 22.8 Å². The van der Waals surface area contributed by atoms with Gasteiger partial charge in [0.2, 0.25) is 5.91 Å². The summed E-state index contributed by atoms with van der Waals surface area (Å²) in [5.41, 5.74) is -2.12. The van der Waals surface area contributed by atoms with Gasteiger partial charge in [0.15, 0.2) is 0 Å². The van der Waals surface area contributed by atoms with Crippen molar-refractivity contribution >= 4 is 17.5 Å². The summed E-state index contributed by atoms with van der Waals surface area (Å²) in [5.74, 6) is -0.990. The number of anilines is 1. The monoisotopic (exact) mass is 398 g/mol. The minimum atomic E-state index is -4.62. The Balaban J connectivity index is 1.95. The Labute approximate surface area is 162 Å². The topological polar surface area (TPSA) is 58.6 Å². The van der Waals surface area contributed by atoms with Crippen molar-refractivity contribution in [3.63, 3.8) is 0 Å². The molecule has 8 heteroatoms. The number of amides is 2. The van der Waals surface area contributed by atoms with E-state index in [2.05, 4.69) is 5.32 Å². The van der Waals surface area contributed by atoms with Gasteiger partial charge in [-0.2, -0.15) is 13.2 Å². The lowest BCUT2D eigenvalue weighted by Gasteiger charge is -2.48. The maximum absolute atomic E-state index is 13.3. The van der Waals surface area contributed by atoms with Gasteiger partial charge in [0, 0.05) is 24.7 Å². The van der Waals surface area contributed by atoms with Crippen molar-refractivity contribution in [2.75, 3.05) is 18.4 Å². The average Bonchev–Trinajstić information content (AvgIpc) is 2.97. The molecule has 1 aliphatic heterocycles. The van der Waals surface area contributed by atoms with Crippen molar-refractivity contribution in [3.8, 4) is 0 Å². The molecular weight excluding hydrogens is 373 g/mol. The smallest absolute Gasteiger partial charge is 0.365 e. The molecule has 0 bridgehead atoms. The number of nitrogens with zero attached hydrogens (tertiary/aromatic N) is 1. The molecule has 2 fully saturated rings. The number of carbonyl (C=O) groups is 2. The van der Waals surface area contributed by atoms with Crippen LogP contribution in [0.2, 0.25) is 0 Å². The number of alkyl halides is 3. The predicted octanol–water partition coefficient (Wildman–Crippen LogP) is 4.23. The van der Waals surface area contributed by atoms with Gasteiger partial charge in [-0.05, 0) is 44.9 Å². The molecule has 1 aromatic rings. The summed E-state index contributed by atoms with van der Waals surface area (Å²) in [6.45, 7) is 5.64. The quantitative estimate of drug-likeness (QED) is 0.811. The lowest BCUT2D eigenvalue weighted by Crippen LogP contribution is -2.60. The van der Waals surface area contributed by atoms with Crippen LogP contribution in [0.15, 0.2) is 18.2 Å². The van der Waals surface area contributed by atoms with Crippen molar-refractivity contribution in [1.82, 2.24) is 4.90 Å². The lowest BCUT2D eigenvalue weighted by molar-refractivity contribution is -0.184. The molecule has 0 atom stereocenters. The molecule has 2 aliphatic rings. The molecule has 1 saturated heterocycles. The van der Waals surface area contributed by atoms with Crippen LogP contribution < -0.4 is 5.32 Å². The van der Waals surface area contributed by atoms with Gasteiger partial charge in [-0.25, -0.2) is 0 Å². The summed E-state index contributed by atoms with van der Waals surface area (Å²) in [7, 11) is 0. The van der Waals surface area contributed by atoms with E-state index in [4.69, 9.17) is 4.74 Å². The first kappa shape index (κ1) is 20.6. The molecule has 1 aliphatic carbocycles. The number of rotatable bonds is 2. The predicted molar refractivity (Wildman–Crippen MR) is 98.0 cm³/mol. The van der Waals surface area contributed by atoms with E-state index in [-0.39, 0.29) is 11.3 Å². The second kappa shape index (κ2) is 7.06. The number of benzene rings is 1. The number of ether oxygens (including phenoxy) is 1. The van der Waals surface area contributed by atoms with E-state index >= 15 is 0 Å². The number of hydrogen-bond acceptors (Lipinski definition) is 3. The summed E-state index contributed by atoms with van der Waals surface area (Å²) < 4.78 is 46.2. The van der Waals surface area contributed by atoms with Crippen molar-refractivity contribution in [2.24, 2.45) is 0 Å².